The largest absolute Gasteiger partial charge is 0.379 e. The summed E-state index contributed by atoms with van der Waals surface area (Å²) in [7, 11) is -4.18. The van der Waals surface area contributed by atoms with E-state index in [1.54, 1.807) is 32.9 Å². The number of amides is 1. The van der Waals surface area contributed by atoms with Crippen molar-refractivity contribution in [3.63, 3.8) is 0 Å². The van der Waals surface area contributed by atoms with Gasteiger partial charge in [-0.25, -0.2) is 4.39 Å². The summed E-state index contributed by atoms with van der Waals surface area (Å²) in [6.07, 6.45) is 0. The maximum atomic E-state index is 13.1. The maximum Gasteiger partial charge on any atom is 0.339 e. The van der Waals surface area contributed by atoms with Crippen molar-refractivity contribution >= 4 is 21.7 Å². The Morgan fingerprint density at radius 3 is 2.38 bits per heavy atom. The molecule has 0 saturated carbocycles. The van der Waals surface area contributed by atoms with Crippen LogP contribution in [0, 0.1) is 22.9 Å². The number of carbonyl (C=O) groups excluding carboxylic acids is 1. The third kappa shape index (κ3) is 5.76. The van der Waals surface area contributed by atoms with Crippen LogP contribution >= 0.6 is 0 Å². The molecular weight excluding hydrogens is 463 g/mol. The van der Waals surface area contributed by atoms with Gasteiger partial charge in [-0.05, 0) is 68.8 Å². The minimum Gasteiger partial charge on any atom is -0.379 e. The lowest BCUT2D eigenvalue weighted by Crippen LogP contribution is -2.36. The lowest BCUT2D eigenvalue weighted by molar-refractivity contribution is -0.385. The predicted octanol–water partition coefficient (Wildman–Crippen LogP) is 4.86. The minimum absolute atomic E-state index is 0.0314. The second kappa shape index (κ2) is 10.0. The van der Waals surface area contributed by atoms with Crippen molar-refractivity contribution in [2.75, 3.05) is 0 Å². The van der Waals surface area contributed by atoms with E-state index in [1.807, 2.05) is 0 Å². The molecule has 3 rings (SSSR count). The van der Waals surface area contributed by atoms with Crippen LogP contribution in [0.2, 0.25) is 0 Å². The van der Waals surface area contributed by atoms with Gasteiger partial charge in [0.2, 0.25) is 0 Å². The first kappa shape index (κ1) is 24.8. The quantitative estimate of drug-likeness (QED) is 0.256. The summed E-state index contributed by atoms with van der Waals surface area (Å²) in [4.78, 5) is 25.2. The van der Waals surface area contributed by atoms with Crippen LogP contribution in [-0.2, 0) is 16.7 Å². The molecule has 0 heterocycles. The first-order valence-corrected chi connectivity index (χ1v) is 11.7. The highest BCUT2D eigenvalue weighted by Crippen LogP contribution is 2.24. The van der Waals surface area contributed by atoms with E-state index in [0.717, 1.165) is 24.3 Å². The van der Waals surface area contributed by atoms with Crippen molar-refractivity contribution in [2.24, 2.45) is 0 Å². The van der Waals surface area contributed by atoms with Gasteiger partial charge in [0, 0.05) is 29.8 Å². The molecule has 0 atom stereocenters. The molecule has 0 saturated heterocycles. The fraction of sp³-hybridized carbons (Fsp3) is 0.208. The van der Waals surface area contributed by atoms with Crippen LogP contribution in [0.3, 0.4) is 0 Å². The van der Waals surface area contributed by atoms with Gasteiger partial charge in [-0.1, -0.05) is 18.2 Å². The number of hydrogen-bond donors (Lipinski definition) is 0. The topological polar surface area (TPSA) is 107 Å². The molecule has 3 aromatic rings. The Hall–Kier alpha value is -3.79. The molecule has 0 N–H and O–H groups in total. The average Bonchev–Trinajstić information content (AvgIpc) is 2.77. The Morgan fingerprint density at radius 1 is 1.09 bits per heavy atom. The standard InChI is InChI=1S/C24H23FN2O6S/c1-16(2)26(24(28)19-8-7-17(3)23(14-19)27(29)30)15-18-5-4-6-21(13-18)33-34(31,32)22-11-9-20(25)10-12-22/h4-14,16H,15H2,1-3H3. The van der Waals surface area contributed by atoms with Crippen molar-refractivity contribution in [3.8, 4) is 5.75 Å². The van der Waals surface area contributed by atoms with Gasteiger partial charge >= 0.3 is 10.1 Å². The fourth-order valence-corrected chi connectivity index (χ4v) is 4.18. The molecule has 0 aromatic heterocycles. The van der Waals surface area contributed by atoms with Gasteiger partial charge in [-0.15, -0.1) is 0 Å². The monoisotopic (exact) mass is 486 g/mol. The molecule has 0 bridgehead atoms. The van der Waals surface area contributed by atoms with Gasteiger partial charge in [0.15, 0.2) is 0 Å². The van der Waals surface area contributed by atoms with Crippen LogP contribution in [0.5, 0.6) is 5.75 Å². The highest BCUT2D eigenvalue weighted by Gasteiger charge is 2.23. The second-order valence-corrected chi connectivity index (χ2v) is 9.47. The normalized spacial score (nSPS) is 11.3. The Morgan fingerprint density at radius 2 is 1.76 bits per heavy atom. The zero-order valence-corrected chi connectivity index (χ0v) is 19.6. The van der Waals surface area contributed by atoms with E-state index in [4.69, 9.17) is 4.18 Å². The molecule has 0 fully saturated rings. The number of nitro groups is 1. The van der Waals surface area contributed by atoms with Gasteiger partial charge in [0.05, 0.1) is 4.92 Å². The summed E-state index contributed by atoms with van der Waals surface area (Å²) in [6.45, 7) is 5.32. The Kier molecular flexibility index (Phi) is 7.31. The van der Waals surface area contributed by atoms with Gasteiger partial charge in [-0.3, -0.25) is 14.9 Å². The molecule has 1 amide bonds. The Labute approximate surface area is 196 Å². The van der Waals surface area contributed by atoms with Crippen LogP contribution in [0.1, 0.15) is 35.3 Å². The molecule has 0 aliphatic heterocycles. The molecule has 10 heteroatoms. The molecular formula is C24H23FN2O6S. The molecule has 8 nitrogen and oxygen atoms in total. The SMILES string of the molecule is Cc1ccc(C(=O)N(Cc2cccc(OS(=O)(=O)c3ccc(F)cc3)c2)C(C)C)cc1[N+](=O)[O-]. The van der Waals surface area contributed by atoms with Crippen LogP contribution in [0.25, 0.3) is 0 Å². The highest BCUT2D eigenvalue weighted by atomic mass is 32.2. The van der Waals surface area contributed by atoms with Gasteiger partial charge < -0.3 is 9.08 Å². The summed E-state index contributed by atoms with van der Waals surface area (Å²) >= 11 is 0. The van der Waals surface area contributed by atoms with Gasteiger partial charge in [0.25, 0.3) is 11.6 Å². The molecule has 34 heavy (non-hydrogen) atoms. The summed E-state index contributed by atoms with van der Waals surface area (Å²) in [6, 6.07) is 14.6. The molecule has 3 aromatic carbocycles. The zero-order valence-electron chi connectivity index (χ0n) is 18.8. The summed E-state index contributed by atoms with van der Waals surface area (Å²) in [5, 5.41) is 11.3. The van der Waals surface area contributed by atoms with Crippen LogP contribution < -0.4 is 4.18 Å². The lowest BCUT2D eigenvalue weighted by atomic mass is 10.1. The van der Waals surface area contributed by atoms with Crippen LogP contribution in [0.4, 0.5) is 10.1 Å². The molecule has 0 unspecified atom stereocenters. The van der Waals surface area contributed by atoms with Crippen LogP contribution in [0.15, 0.2) is 71.6 Å². The lowest BCUT2D eigenvalue weighted by Gasteiger charge is -2.27. The second-order valence-electron chi connectivity index (χ2n) is 7.92. The van der Waals surface area contributed by atoms with E-state index < -0.39 is 26.8 Å². The van der Waals surface area contributed by atoms with E-state index in [9.17, 15) is 27.7 Å². The van der Waals surface area contributed by atoms with E-state index in [2.05, 4.69) is 0 Å². The number of carbonyl (C=O) groups is 1. The van der Waals surface area contributed by atoms with Crippen molar-refractivity contribution in [1.29, 1.82) is 0 Å². The zero-order chi connectivity index (χ0) is 25.0. The van der Waals surface area contributed by atoms with Crippen LogP contribution in [-0.4, -0.2) is 30.2 Å². The average molecular weight is 487 g/mol. The van der Waals surface area contributed by atoms with Crippen molar-refractivity contribution in [1.82, 2.24) is 4.90 Å². The summed E-state index contributed by atoms with van der Waals surface area (Å²) in [5.74, 6) is -0.939. The smallest absolute Gasteiger partial charge is 0.339 e. The van der Waals surface area contributed by atoms with E-state index in [0.29, 0.717) is 11.1 Å². The fourth-order valence-electron chi connectivity index (χ4n) is 3.26. The van der Waals surface area contributed by atoms with E-state index in [-0.39, 0.29) is 34.5 Å². The van der Waals surface area contributed by atoms with Crippen molar-refractivity contribution in [3.05, 3.63) is 99.4 Å². The number of rotatable bonds is 8. The number of hydrogen-bond acceptors (Lipinski definition) is 6. The van der Waals surface area contributed by atoms with E-state index >= 15 is 0 Å². The molecule has 0 spiro atoms. The molecule has 0 aliphatic carbocycles. The van der Waals surface area contributed by atoms with Crippen molar-refractivity contribution < 1.29 is 26.7 Å². The number of aryl methyl sites for hydroxylation is 1. The summed E-state index contributed by atoms with van der Waals surface area (Å²) in [5.41, 5.74) is 1.08. The van der Waals surface area contributed by atoms with Crippen molar-refractivity contribution in [2.45, 2.75) is 38.3 Å². The Balaban J connectivity index is 1.84. The Bertz CT molecular complexity index is 1320. The maximum absolute atomic E-state index is 13.1. The molecule has 0 aliphatic rings. The van der Waals surface area contributed by atoms with Gasteiger partial charge in [0.1, 0.15) is 16.5 Å². The molecule has 178 valence electrons. The molecule has 0 radical (unpaired) electrons. The first-order chi connectivity index (χ1) is 16.0. The third-order valence-electron chi connectivity index (χ3n) is 5.10. The number of halogens is 1. The predicted molar refractivity (Wildman–Crippen MR) is 123 cm³/mol. The van der Waals surface area contributed by atoms with E-state index in [1.165, 1.54) is 35.2 Å². The minimum atomic E-state index is -4.18. The third-order valence-corrected chi connectivity index (χ3v) is 6.36. The number of nitrogens with zero attached hydrogens (tertiary/aromatic N) is 2. The first-order valence-electron chi connectivity index (χ1n) is 10.3. The number of benzene rings is 3. The summed E-state index contributed by atoms with van der Waals surface area (Å²) < 4.78 is 43.3. The van der Waals surface area contributed by atoms with Gasteiger partial charge in [-0.2, -0.15) is 8.42 Å². The highest BCUT2D eigenvalue weighted by molar-refractivity contribution is 7.87. The number of nitro benzene ring substituents is 1.